The Labute approximate surface area is 89.5 Å². The maximum Gasteiger partial charge on any atom is 0.187 e. The fourth-order valence-corrected chi connectivity index (χ4v) is 1.77. The van der Waals surface area contributed by atoms with Crippen LogP contribution in [0.2, 0.25) is 0 Å². The molecule has 3 nitrogen and oxygen atoms in total. The highest BCUT2D eigenvalue weighted by molar-refractivity contribution is 5.76. The maximum absolute atomic E-state index is 7.72. The van der Waals surface area contributed by atoms with Gasteiger partial charge in [-0.1, -0.05) is 18.2 Å². The van der Waals surface area contributed by atoms with Crippen molar-refractivity contribution in [2.75, 3.05) is 13.2 Å². The molecular formula is C12H15NO2. The molecule has 1 aromatic carbocycles. The second-order valence-corrected chi connectivity index (χ2v) is 3.62. The molecule has 80 valence electrons. The van der Waals surface area contributed by atoms with E-state index in [1.807, 2.05) is 31.2 Å². The Bertz CT molecular complexity index is 362. The minimum absolute atomic E-state index is 0.0693. The molecule has 1 atom stereocenters. The van der Waals surface area contributed by atoms with Crippen molar-refractivity contribution < 1.29 is 9.47 Å². The summed E-state index contributed by atoms with van der Waals surface area (Å²) < 4.78 is 10.8. The quantitative estimate of drug-likeness (QED) is 0.594. The lowest BCUT2D eigenvalue weighted by atomic mass is 9.97. The van der Waals surface area contributed by atoms with Gasteiger partial charge in [-0.15, -0.1) is 0 Å². The number of rotatable bonds is 2. The number of nitrogens with one attached hydrogen (secondary N) is 1. The smallest absolute Gasteiger partial charge is 0.187 e. The van der Waals surface area contributed by atoms with Crippen LogP contribution in [-0.2, 0) is 11.2 Å². The summed E-state index contributed by atoms with van der Waals surface area (Å²) in [4.78, 5) is 0. The predicted octanol–water partition coefficient (Wildman–Crippen LogP) is 2.25. The largest absolute Gasteiger partial charge is 0.492 e. The second kappa shape index (κ2) is 4.34. The molecule has 1 aliphatic heterocycles. The van der Waals surface area contributed by atoms with Crippen LogP contribution >= 0.6 is 0 Å². The highest BCUT2D eigenvalue weighted by Crippen LogP contribution is 2.27. The molecule has 0 saturated carbocycles. The molecule has 0 bridgehead atoms. The molecular weight excluding hydrogens is 190 g/mol. The van der Waals surface area contributed by atoms with Gasteiger partial charge in [-0.3, -0.25) is 5.41 Å². The summed E-state index contributed by atoms with van der Waals surface area (Å²) in [6.45, 7) is 3.00. The second-order valence-electron chi connectivity index (χ2n) is 3.62. The first-order valence-corrected chi connectivity index (χ1v) is 5.23. The van der Waals surface area contributed by atoms with Gasteiger partial charge >= 0.3 is 0 Å². The maximum atomic E-state index is 7.72. The molecule has 2 rings (SSSR count). The van der Waals surface area contributed by atoms with Gasteiger partial charge in [-0.2, -0.15) is 0 Å². The zero-order valence-electron chi connectivity index (χ0n) is 8.82. The van der Waals surface area contributed by atoms with Crippen LogP contribution in [0.25, 0.3) is 0 Å². The fourth-order valence-electron chi connectivity index (χ4n) is 1.77. The van der Waals surface area contributed by atoms with Crippen molar-refractivity contribution in [3.8, 4) is 5.75 Å². The van der Waals surface area contributed by atoms with Gasteiger partial charge in [-0.05, 0) is 25.0 Å². The van der Waals surface area contributed by atoms with Gasteiger partial charge in [0, 0.05) is 0 Å². The van der Waals surface area contributed by atoms with Crippen LogP contribution in [0.5, 0.6) is 5.75 Å². The van der Waals surface area contributed by atoms with Crippen LogP contribution in [0.4, 0.5) is 0 Å². The van der Waals surface area contributed by atoms with Gasteiger partial charge in [-0.25, -0.2) is 0 Å². The first-order chi connectivity index (χ1) is 7.31. The average Bonchev–Trinajstić information content (AvgIpc) is 2.29. The van der Waals surface area contributed by atoms with Crippen LogP contribution in [0, 0.1) is 11.3 Å². The molecule has 1 unspecified atom stereocenters. The van der Waals surface area contributed by atoms with E-state index in [0.717, 1.165) is 12.2 Å². The third-order valence-electron chi connectivity index (χ3n) is 2.55. The van der Waals surface area contributed by atoms with Crippen LogP contribution in [0.15, 0.2) is 24.3 Å². The molecule has 1 aliphatic rings. The van der Waals surface area contributed by atoms with E-state index < -0.39 is 0 Å². The van der Waals surface area contributed by atoms with E-state index in [0.29, 0.717) is 19.1 Å². The molecule has 15 heavy (non-hydrogen) atoms. The molecule has 0 amide bonds. The molecule has 0 saturated heterocycles. The number of ether oxygens (including phenoxy) is 2. The highest BCUT2D eigenvalue weighted by atomic mass is 16.5. The summed E-state index contributed by atoms with van der Waals surface area (Å²) in [6, 6.07) is 7.97. The summed E-state index contributed by atoms with van der Waals surface area (Å²) in [5, 5.41) is 7.72. The zero-order valence-corrected chi connectivity index (χ0v) is 8.82. The lowest BCUT2D eigenvalue weighted by molar-refractivity contribution is 0.220. The summed E-state index contributed by atoms with van der Waals surface area (Å²) >= 11 is 0. The third kappa shape index (κ3) is 2.12. The van der Waals surface area contributed by atoms with Gasteiger partial charge in [0.25, 0.3) is 0 Å². The molecule has 1 N–H and O–H groups in total. The molecule has 3 heteroatoms. The Morgan fingerprint density at radius 3 is 3.13 bits per heavy atom. The Hall–Kier alpha value is -1.51. The highest BCUT2D eigenvalue weighted by Gasteiger charge is 2.23. The number of hydrogen-bond acceptors (Lipinski definition) is 3. The standard InChI is InChI=1S/C12H15NO2/c1-2-14-12(13)10-7-9-5-3-4-6-11(9)15-8-10/h3-6,10,13H,2,7-8H2,1H3. The van der Waals surface area contributed by atoms with Gasteiger partial charge in [0.15, 0.2) is 5.90 Å². The average molecular weight is 205 g/mol. The van der Waals surface area contributed by atoms with Crippen LogP contribution < -0.4 is 4.74 Å². The van der Waals surface area contributed by atoms with Gasteiger partial charge in [0.05, 0.1) is 12.5 Å². The SMILES string of the molecule is CCOC(=N)C1COc2ccccc2C1. The monoisotopic (exact) mass is 205 g/mol. The van der Waals surface area contributed by atoms with Crippen LogP contribution in [0.3, 0.4) is 0 Å². The fraction of sp³-hybridized carbons (Fsp3) is 0.417. The van der Waals surface area contributed by atoms with E-state index in [9.17, 15) is 0 Å². The first kappa shape index (κ1) is 10.0. The van der Waals surface area contributed by atoms with Crippen molar-refractivity contribution in [1.82, 2.24) is 0 Å². The molecule has 1 heterocycles. The number of benzene rings is 1. The van der Waals surface area contributed by atoms with E-state index in [-0.39, 0.29) is 5.92 Å². The molecule has 0 spiro atoms. The third-order valence-corrected chi connectivity index (χ3v) is 2.55. The topological polar surface area (TPSA) is 42.3 Å². The Kier molecular flexibility index (Phi) is 2.90. The minimum atomic E-state index is 0.0693. The van der Waals surface area contributed by atoms with E-state index >= 15 is 0 Å². The lowest BCUT2D eigenvalue weighted by Crippen LogP contribution is -2.29. The summed E-state index contributed by atoms with van der Waals surface area (Å²) in [5.74, 6) is 1.35. The minimum Gasteiger partial charge on any atom is -0.492 e. The van der Waals surface area contributed by atoms with E-state index in [1.54, 1.807) is 0 Å². The normalized spacial score (nSPS) is 18.9. The van der Waals surface area contributed by atoms with Gasteiger partial charge in [0.2, 0.25) is 0 Å². The van der Waals surface area contributed by atoms with E-state index in [2.05, 4.69) is 0 Å². The first-order valence-electron chi connectivity index (χ1n) is 5.23. The lowest BCUT2D eigenvalue weighted by Gasteiger charge is -2.25. The Morgan fingerprint density at radius 1 is 1.53 bits per heavy atom. The van der Waals surface area contributed by atoms with Crippen molar-refractivity contribution in [2.24, 2.45) is 5.92 Å². The Balaban J connectivity index is 2.08. The molecule has 0 aromatic heterocycles. The summed E-state index contributed by atoms with van der Waals surface area (Å²) in [6.07, 6.45) is 0.842. The molecule has 1 aromatic rings. The molecule has 0 radical (unpaired) electrons. The van der Waals surface area contributed by atoms with Crippen molar-refractivity contribution >= 4 is 5.90 Å². The van der Waals surface area contributed by atoms with Crippen LogP contribution in [-0.4, -0.2) is 19.1 Å². The molecule has 0 aliphatic carbocycles. The summed E-state index contributed by atoms with van der Waals surface area (Å²) in [5.41, 5.74) is 1.17. The van der Waals surface area contributed by atoms with Gasteiger partial charge in [0.1, 0.15) is 12.4 Å². The van der Waals surface area contributed by atoms with E-state index in [4.69, 9.17) is 14.9 Å². The zero-order chi connectivity index (χ0) is 10.7. The summed E-state index contributed by atoms with van der Waals surface area (Å²) in [7, 11) is 0. The van der Waals surface area contributed by atoms with Crippen molar-refractivity contribution in [2.45, 2.75) is 13.3 Å². The Morgan fingerprint density at radius 2 is 2.33 bits per heavy atom. The predicted molar refractivity (Wildman–Crippen MR) is 58.5 cm³/mol. The molecule has 0 fully saturated rings. The van der Waals surface area contributed by atoms with Crippen molar-refractivity contribution in [1.29, 1.82) is 5.41 Å². The van der Waals surface area contributed by atoms with Crippen LogP contribution in [0.1, 0.15) is 12.5 Å². The number of fused-ring (bicyclic) bond motifs is 1. The van der Waals surface area contributed by atoms with E-state index in [1.165, 1.54) is 5.56 Å². The van der Waals surface area contributed by atoms with Crippen molar-refractivity contribution in [3.63, 3.8) is 0 Å². The van der Waals surface area contributed by atoms with Gasteiger partial charge < -0.3 is 9.47 Å². The van der Waals surface area contributed by atoms with Crippen molar-refractivity contribution in [3.05, 3.63) is 29.8 Å². The number of hydrogen-bond donors (Lipinski definition) is 1. The number of para-hydroxylation sites is 1.